The molecule has 0 aliphatic carbocycles. The van der Waals surface area contributed by atoms with Crippen LogP contribution in [0.5, 0.6) is 5.75 Å². The van der Waals surface area contributed by atoms with Crippen molar-refractivity contribution >= 4 is 0 Å². The quantitative estimate of drug-likeness (QED) is 0.770. The number of benzene rings is 1. The molecule has 0 saturated heterocycles. The average molecular weight is 251 g/mol. The summed E-state index contributed by atoms with van der Waals surface area (Å²) in [5.41, 5.74) is 1.20. The van der Waals surface area contributed by atoms with Gasteiger partial charge in [-0.3, -0.25) is 0 Å². The van der Waals surface area contributed by atoms with Crippen LogP contribution in [-0.4, -0.2) is 25.9 Å². The summed E-state index contributed by atoms with van der Waals surface area (Å²) in [5, 5.41) is 3.52. The lowest BCUT2D eigenvalue weighted by atomic mass is 10.1. The van der Waals surface area contributed by atoms with Gasteiger partial charge in [-0.2, -0.15) is 0 Å². The molecule has 0 bridgehead atoms. The van der Waals surface area contributed by atoms with Gasteiger partial charge in [0, 0.05) is 24.3 Å². The number of hydrogen-bond acceptors (Lipinski definition) is 3. The highest BCUT2D eigenvalue weighted by Crippen LogP contribution is 2.25. The molecule has 0 saturated carbocycles. The number of hydrogen-bond donors (Lipinski definition) is 1. The van der Waals surface area contributed by atoms with Gasteiger partial charge in [-0.05, 0) is 33.8 Å². The van der Waals surface area contributed by atoms with Crippen molar-refractivity contribution < 1.29 is 9.47 Å². The second-order valence-electron chi connectivity index (χ2n) is 4.42. The summed E-state index contributed by atoms with van der Waals surface area (Å²) in [6.45, 7) is 10.5. The summed E-state index contributed by atoms with van der Waals surface area (Å²) in [4.78, 5) is 0. The second kappa shape index (κ2) is 8.11. The predicted molar refractivity (Wildman–Crippen MR) is 75.1 cm³/mol. The molecular formula is C15H25NO2. The highest BCUT2D eigenvalue weighted by atomic mass is 16.5. The first-order valence-electron chi connectivity index (χ1n) is 6.74. The van der Waals surface area contributed by atoms with Crippen molar-refractivity contribution in [2.75, 3.05) is 19.8 Å². The van der Waals surface area contributed by atoms with E-state index < -0.39 is 0 Å². The number of ether oxygens (including phenoxy) is 2. The first-order valence-corrected chi connectivity index (χ1v) is 6.74. The van der Waals surface area contributed by atoms with Crippen LogP contribution in [0.1, 0.15) is 39.3 Å². The van der Waals surface area contributed by atoms with Gasteiger partial charge in [0.15, 0.2) is 0 Å². The fraction of sp³-hybridized carbons (Fsp3) is 0.600. The maximum absolute atomic E-state index is 5.65. The minimum atomic E-state index is 0.253. The standard InChI is InChI=1S/C15H25NO2/c1-5-17-11-12(3)16-13(4)14-9-7-8-10-15(14)18-6-2/h7-10,12-13,16H,5-6,11H2,1-4H3. The molecule has 1 N–H and O–H groups in total. The topological polar surface area (TPSA) is 30.5 Å². The fourth-order valence-corrected chi connectivity index (χ4v) is 1.98. The summed E-state index contributed by atoms with van der Waals surface area (Å²) >= 11 is 0. The summed E-state index contributed by atoms with van der Waals surface area (Å²) in [6, 6.07) is 8.76. The molecule has 0 aromatic heterocycles. The first-order chi connectivity index (χ1) is 8.69. The van der Waals surface area contributed by atoms with Gasteiger partial charge in [-0.25, -0.2) is 0 Å². The monoisotopic (exact) mass is 251 g/mol. The molecule has 0 aliphatic heterocycles. The Bertz CT molecular complexity index is 341. The van der Waals surface area contributed by atoms with Crippen LogP contribution in [0.3, 0.4) is 0 Å². The van der Waals surface area contributed by atoms with E-state index in [4.69, 9.17) is 9.47 Å². The predicted octanol–water partition coefficient (Wildman–Crippen LogP) is 3.16. The molecule has 18 heavy (non-hydrogen) atoms. The zero-order valence-electron chi connectivity index (χ0n) is 11.9. The van der Waals surface area contributed by atoms with Crippen LogP contribution in [-0.2, 0) is 4.74 Å². The van der Waals surface area contributed by atoms with Crippen LogP contribution in [0.2, 0.25) is 0 Å². The third kappa shape index (κ3) is 4.67. The van der Waals surface area contributed by atoms with Gasteiger partial charge in [-0.15, -0.1) is 0 Å². The van der Waals surface area contributed by atoms with E-state index in [1.807, 2.05) is 32.0 Å². The third-order valence-electron chi connectivity index (χ3n) is 2.79. The molecule has 2 unspecified atom stereocenters. The SMILES string of the molecule is CCOCC(C)NC(C)c1ccccc1OCC. The van der Waals surface area contributed by atoms with Crippen molar-refractivity contribution in [3.63, 3.8) is 0 Å². The van der Waals surface area contributed by atoms with Crippen LogP contribution < -0.4 is 10.1 Å². The zero-order chi connectivity index (χ0) is 13.4. The molecule has 3 heteroatoms. The normalized spacial score (nSPS) is 14.2. The van der Waals surface area contributed by atoms with Crippen LogP contribution in [0.15, 0.2) is 24.3 Å². The van der Waals surface area contributed by atoms with Crippen molar-refractivity contribution in [1.82, 2.24) is 5.32 Å². The highest BCUT2D eigenvalue weighted by Gasteiger charge is 2.13. The average Bonchev–Trinajstić information content (AvgIpc) is 2.37. The largest absolute Gasteiger partial charge is 0.494 e. The maximum atomic E-state index is 5.65. The molecule has 0 aliphatic rings. The molecule has 0 amide bonds. The highest BCUT2D eigenvalue weighted by molar-refractivity contribution is 5.35. The number of para-hydroxylation sites is 1. The molecule has 2 atom stereocenters. The van der Waals surface area contributed by atoms with Crippen LogP contribution >= 0.6 is 0 Å². The second-order valence-corrected chi connectivity index (χ2v) is 4.42. The van der Waals surface area contributed by atoms with Gasteiger partial charge < -0.3 is 14.8 Å². The van der Waals surface area contributed by atoms with Gasteiger partial charge >= 0.3 is 0 Å². The molecule has 1 rings (SSSR count). The first kappa shape index (κ1) is 15.0. The minimum absolute atomic E-state index is 0.253. The van der Waals surface area contributed by atoms with E-state index in [9.17, 15) is 0 Å². The van der Waals surface area contributed by atoms with E-state index in [0.29, 0.717) is 12.6 Å². The Labute approximate surface area is 110 Å². The van der Waals surface area contributed by atoms with Gasteiger partial charge in [0.25, 0.3) is 0 Å². The van der Waals surface area contributed by atoms with Crippen LogP contribution in [0.25, 0.3) is 0 Å². The van der Waals surface area contributed by atoms with Crippen LogP contribution in [0, 0.1) is 0 Å². The van der Waals surface area contributed by atoms with Gasteiger partial charge in [0.2, 0.25) is 0 Å². The Balaban J connectivity index is 2.62. The smallest absolute Gasteiger partial charge is 0.124 e. The Kier molecular flexibility index (Phi) is 6.76. The Morgan fingerprint density at radius 2 is 1.83 bits per heavy atom. The van der Waals surface area contributed by atoms with Crippen molar-refractivity contribution in [3.8, 4) is 5.75 Å². The summed E-state index contributed by atoms with van der Waals surface area (Å²) in [5.74, 6) is 0.962. The molecule has 0 radical (unpaired) electrons. The van der Waals surface area contributed by atoms with Gasteiger partial charge in [0.05, 0.1) is 13.2 Å². The van der Waals surface area contributed by atoms with E-state index in [2.05, 4.69) is 25.2 Å². The van der Waals surface area contributed by atoms with Crippen molar-refractivity contribution in [3.05, 3.63) is 29.8 Å². The van der Waals surface area contributed by atoms with Gasteiger partial charge in [-0.1, -0.05) is 18.2 Å². The van der Waals surface area contributed by atoms with E-state index in [-0.39, 0.29) is 6.04 Å². The summed E-state index contributed by atoms with van der Waals surface area (Å²) < 4.78 is 11.1. The molecule has 1 aromatic carbocycles. The van der Waals surface area contributed by atoms with E-state index >= 15 is 0 Å². The van der Waals surface area contributed by atoms with Crippen molar-refractivity contribution in [2.45, 2.75) is 39.8 Å². The molecular weight excluding hydrogens is 226 g/mol. The summed E-state index contributed by atoms with van der Waals surface area (Å²) in [7, 11) is 0. The van der Waals surface area contributed by atoms with E-state index in [1.54, 1.807) is 0 Å². The molecule has 3 nitrogen and oxygen atoms in total. The Morgan fingerprint density at radius 1 is 1.11 bits per heavy atom. The van der Waals surface area contributed by atoms with Crippen LogP contribution in [0.4, 0.5) is 0 Å². The molecule has 1 aromatic rings. The molecule has 102 valence electrons. The molecule has 0 heterocycles. The van der Waals surface area contributed by atoms with Crippen molar-refractivity contribution in [2.24, 2.45) is 0 Å². The summed E-state index contributed by atoms with van der Waals surface area (Å²) in [6.07, 6.45) is 0. The van der Waals surface area contributed by atoms with Crippen molar-refractivity contribution in [1.29, 1.82) is 0 Å². The third-order valence-corrected chi connectivity index (χ3v) is 2.79. The fourth-order valence-electron chi connectivity index (χ4n) is 1.98. The molecule has 0 fully saturated rings. The van der Waals surface area contributed by atoms with E-state index in [1.165, 1.54) is 5.56 Å². The zero-order valence-corrected chi connectivity index (χ0v) is 11.9. The Hall–Kier alpha value is -1.06. The lowest BCUT2D eigenvalue weighted by molar-refractivity contribution is 0.124. The number of nitrogens with one attached hydrogen (secondary N) is 1. The lowest BCUT2D eigenvalue weighted by Crippen LogP contribution is -2.33. The maximum Gasteiger partial charge on any atom is 0.124 e. The van der Waals surface area contributed by atoms with E-state index in [0.717, 1.165) is 19.0 Å². The molecule has 0 spiro atoms. The Morgan fingerprint density at radius 3 is 2.50 bits per heavy atom. The lowest BCUT2D eigenvalue weighted by Gasteiger charge is -2.22. The van der Waals surface area contributed by atoms with Gasteiger partial charge in [0.1, 0.15) is 5.75 Å². The number of rotatable bonds is 8. The minimum Gasteiger partial charge on any atom is -0.494 e.